The van der Waals surface area contributed by atoms with Crippen molar-refractivity contribution in [2.75, 3.05) is 6.54 Å². The van der Waals surface area contributed by atoms with Crippen LogP contribution in [0.1, 0.15) is 32.0 Å². The van der Waals surface area contributed by atoms with Crippen molar-refractivity contribution in [2.45, 2.75) is 32.6 Å². The van der Waals surface area contributed by atoms with Crippen LogP contribution in [-0.2, 0) is 23.1 Å². The molecule has 0 spiro atoms. The van der Waals surface area contributed by atoms with Gasteiger partial charge in [-0.3, -0.25) is 9.59 Å². The minimum Gasteiger partial charge on any atom is -0.481 e. The highest BCUT2D eigenvalue weighted by Crippen LogP contribution is 2.38. The Hall–Kier alpha value is -1.85. The first-order valence-corrected chi connectivity index (χ1v) is 7.49. The van der Waals surface area contributed by atoms with Crippen molar-refractivity contribution in [1.29, 1.82) is 0 Å². The molecule has 21 heavy (non-hydrogen) atoms. The molecule has 1 heterocycles. The lowest BCUT2D eigenvalue weighted by Gasteiger charge is -2.15. The Balaban J connectivity index is 1.87. The van der Waals surface area contributed by atoms with Gasteiger partial charge in [0.2, 0.25) is 5.91 Å². The number of aliphatic carboxylic acids is 1. The van der Waals surface area contributed by atoms with Gasteiger partial charge in [0, 0.05) is 32.4 Å². The van der Waals surface area contributed by atoms with Crippen molar-refractivity contribution in [2.24, 2.45) is 24.8 Å². The number of nitrogens with zero attached hydrogens (tertiary/aromatic N) is 2. The molecule has 3 atom stereocenters. The van der Waals surface area contributed by atoms with Crippen LogP contribution in [-0.4, -0.2) is 33.1 Å². The molecule has 1 aromatic rings. The van der Waals surface area contributed by atoms with E-state index in [1.54, 1.807) is 6.20 Å². The second-order valence-electron chi connectivity index (χ2n) is 5.79. The Labute approximate surface area is 124 Å². The zero-order valence-electron chi connectivity index (χ0n) is 12.6. The van der Waals surface area contributed by atoms with Gasteiger partial charge in [-0.15, -0.1) is 0 Å². The van der Waals surface area contributed by atoms with Crippen LogP contribution in [0.2, 0.25) is 0 Å². The van der Waals surface area contributed by atoms with E-state index in [0.717, 1.165) is 12.2 Å². The number of imidazole rings is 1. The molecular formula is C15H23N3O3. The first-order chi connectivity index (χ1) is 10.0. The molecule has 1 saturated carbocycles. The van der Waals surface area contributed by atoms with Crippen molar-refractivity contribution in [3.05, 3.63) is 18.2 Å². The number of carbonyl (C=O) groups excluding carboxylic acids is 1. The number of rotatable bonds is 6. The molecule has 6 heteroatoms. The molecule has 1 unspecified atom stereocenters. The average molecular weight is 293 g/mol. The number of amides is 1. The third-order valence-electron chi connectivity index (χ3n) is 4.46. The second kappa shape index (κ2) is 6.74. The molecule has 2 rings (SSSR count). The van der Waals surface area contributed by atoms with Gasteiger partial charge < -0.3 is 15.0 Å². The van der Waals surface area contributed by atoms with Crippen molar-refractivity contribution >= 4 is 11.9 Å². The molecule has 2 N–H and O–H groups in total. The molecule has 0 radical (unpaired) electrons. The summed E-state index contributed by atoms with van der Waals surface area (Å²) in [6.45, 7) is 2.54. The number of carboxylic acids is 1. The van der Waals surface area contributed by atoms with Gasteiger partial charge in [0.05, 0.1) is 11.8 Å². The molecule has 1 aromatic heterocycles. The van der Waals surface area contributed by atoms with Crippen molar-refractivity contribution in [3.63, 3.8) is 0 Å². The second-order valence-corrected chi connectivity index (χ2v) is 5.79. The molecule has 6 nitrogen and oxygen atoms in total. The van der Waals surface area contributed by atoms with Gasteiger partial charge in [-0.1, -0.05) is 13.3 Å². The first-order valence-electron chi connectivity index (χ1n) is 7.49. The van der Waals surface area contributed by atoms with E-state index in [0.29, 0.717) is 31.7 Å². The molecule has 0 aromatic carbocycles. The lowest BCUT2D eigenvalue weighted by molar-refractivity contribution is -0.146. The zero-order valence-corrected chi connectivity index (χ0v) is 12.6. The Morgan fingerprint density at radius 1 is 1.43 bits per heavy atom. The quantitative estimate of drug-likeness (QED) is 0.826. The fourth-order valence-electron chi connectivity index (χ4n) is 3.10. The van der Waals surface area contributed by atoms with E-state index < -0.39 is 17.8 Å². The van der Waals surface area contributed by atoms with Crippen LogP contribution in [0.5, 0.6) is 0 Å². The first kappa shape index (κ1) is 15.5. The van der Waals surface area contributed by atoms with Gasteiger partial charge in [0.25, 0.3) is 0 Å². The van der Waals surface area contributed by atoms with Crippen LogP contribution in [0.15, 0.2) is 12.4 Å². The molecule has 1 aliphatic carbocycles. The minimum atomic E-state index is -0.852. The van der Waals surface area contributed by atoms with Gasteiger partial charge in [-0.05, 0) is 18.8 Å². The van der Waals surface area contributed by atoms with Crippen molar-refractivity contribution in [3.8, 4) is 0 Å². The van der Waals surface area contributed by atoms with Gasteiger partial charge in [-0.25, -0.2) is 4.98 Å². The highest BCUT2D eigenvalue weighted by Gasteiger charge is 2.41. The maximum absolute atomic E-state index is 12.2. The van der Waals surface area contributed by atoms with E-state index >= 15 is 0 Å². The van der Waals surface area contributed by atoms with Crippen molar-refractivity contribution < 1.29 is 14.7 Å². The summed E-state index contributed by atoms with van der Waals surface area (Å²) < 4.78 is 1.91. The summed E-state index contributed by atoms with van der Waals surface area (Å²) in [7, 11) is 1.91. The van der Waals surface area contributed by atoms with E-state index in [2.05, 4.69) is 10.3 Å². The number of hydrogen-bond donors (Lipinski definition) is 2. The summed E-state index contributed by atoms with van der Waals surface area (Å²) in [5.41, 5.74) is 0. The Kier molecular flexibility index (Phi) is 4.98. The number of carbonyl (C=O) groups is 2. The van der Waals surface area contributed by atoms with Gasteiger partial charge in [0.15, 0.2) is 0 Å². The fraction of sp³-hybridized carbons (Fsp3) is 0.667. The molecule has 0 bridgehead atoms. The summed E-state index contributed by atoms with van der Waals surface area (Å²) in [5, 5.41) is 12.1. The maximum Gasteiger partial charge on any atom is 0.307 e. The predicted octanol–water partition coefficient (Wildman–Crippen LogP) is 1.22. The SMILES string of the molecule is CCC1C[C@H](C(=O)NCCc2nccn2C)[C@H](C(=O)O)C1. The highest BCUT2D eigenvalue weighted by atomic mass is 16.4. The lowest BCUT2D eigenvalue weighted by Crippen LogP contribution is -2.36. The normalized spacial score (nSPS) is 25.0. The number of carboxylic acid groups (broad SMARTS) is 1. The molecule has 1 amide bonds. The average Bonchev–Trinajstić information content (AvgIpc) is 3.05. The Morgan fingerprint density at radius 2 is 2.14 bits per heavy atom. The standard InChI is InChI=1S/C15H23N3O3/c1-3-10-8-11(12(9-10)15(20)21)14(19)17-5-4-13-16-6-7-18(13)2/h6-7,10-12H,3-5,8-9H2,1-2H3,(H,17,19)(H,20,21)/t10?,11-,12+/m0/s1. The monoisotopic (exact) mass is 293 g/mol. The van der Waals surface area contributed by atoms with Crippen LogP contribution in [0, 0.1) is 17.8 Å². The van der Waals surface area contributed by atoms with Gasteiger partial charge in [0.1, 0.15) is 5.82 Å². The molecule has 1 fully saturated rings. The number of aryl methyl sites for hydroxylation is 1. The third-order valence-corrected chi connectivity index (χ3v) is 4.46. The third kappa shape index (κ3) is 3.62. The van der Waals surface area contributed by atoms with Crippen LogP contribution in [0.4, 0.5) is 0 Å². The number of aromatic nitrogens is 2. The largest absolute Gasteiger partial charge is 0.481 e. The minimum absolute atomic E-state index is 0.132. The molecule has 0 saturated heterocycles. The van der Waals surface area contributed by atoms with Crippen LogP contribution >= 0.6 is 0 Å². The van der Waals surface area contributed by atoms with E-state index in [1.165, 1.54) is 0 Å². The van der Waals surface area contributed by atoms with E-state index in [4.69, 9.17) is 0 Å². The fourth-order valence-corrected chi connectivity index (χ4v) is 3.10. The lowest BCUT2D eigenvalue weighted by atomic mass is 9.95. The Morgan fingerprint density at radius 3 is 2.71 bits per heavy atom. The van der Waals surface area contributed by atoms with Gasteiger partial charge in [-0.2, -0.15) is 0 Å². The summed E-state index contributed by atoms with van der Waals surface area (Å²) in [5.74, 6) is -0.668. The van der Waals surface area contributed by atoms with Crippen LogP contribution in [0.3, 0.4) is 0 Å². The number of hydrogen-bond acceptors (Lipinski definition) is 3. The molecule has 1 aliphatic rings. The molecule has 0 aliphatic heterocycles. The molecule has 116 valence electrons. The predicted molar refractivity (Wildman–Crippen MR) is 77.6 cm³/mol. The topological polar surface area (TPSA) is 84.2 Å². The number of nitrogens with one attached hydrogen (secondary N) is 1. The summed E-state index contributed by atoms with van der Waals surface area (Å²) in [6, 6.07) is 0. The maximum atomic E-state index is 12.2. The van der Waals surface area contributed by atoms with E-state index in [9.17, 15) is 14.7 Å². The summed E-state index contributed by atoms with van der Waals surface area (Å²) in [6.07, 6.45) is 6.46. The van der Waals surface area contributed by atoms with Crippen molar-refractivity contribution in [1.82, 2.24) is 14.9 Å². The van der Waals surface area contributed by atoms with E-state index in [-0.39, 0.29) is 5.91 Å². The Bertz CT molecular complexity index is 512. The zero-order chi connectivity index (χ0) is 15.4. The van der Waals surface area contributed by atoms with E-state index in [1.807, 2.05) is 24.7 Å². The van der Waals surface area contributed by atoms with Gasteiger partial charge >= 0.3 is 5.97 Å². The van der Waals surface area contributed by atoms with Crippen LogP contribution < -0.4 is 5.32 Å². The summed E-state index contributed by atoms with van der Waals surface area (Å²) in [4.78, 5) is 27.7. The molecular weight excluding hydrogens is 270 g/mol. The van der Waals surface area contributed by atoms with Crippen LogP contribution in [0.25, 0.3) is 0 Å². The smallest absolute Gasteiger partial charge is 0.307 e. The highest BCUT2D eigenvalue weighted by molar-refractivity contribution is 5.85. The summed E-state index contributed by atoms with van der Waals surface area (Å²) >= 11 is 0.